The molecular weight excluding hydrogens is 111 g/mol. The summed E-state index contributed by atoms with van der Waals surface area (Å²) in [5, 5.41) is 0. The Balaban J connectivity index is 2.30. The maximum absolute atomic E-state index is 5.14. The van der Waals surface area contributed by atoms with Crippen molar-refractivity contribution < 1.29 is 4.33 Å². The molecule has 0 N–H and O–H groups in total. The molecule has 1 heterocycles. The van der Waals surface area contributed by atoms with Gasteiger partial charge in [0.1, 0.15) is 0 Å². The van der Waals surface area contributed by atoms with Crippen molar-refractivity contribution in [1.82, 2.24) is 0 Å². The second-order valence-corrected chi connectivity index (χ2v) is 2.18. The normalized spacial score (nSPS) is 9.44. The van der Waals surface area contributed by atoms with Crippen LogP contribution < -0.4 is 0 Å². The average Bonchev–Trinajstić information content (AvgIpc) is 2.34. The predicted octanol–water partition coefficient (Wildman–Crippen LogP) is 1.96. The van der Waals surface area contributed by atoms with E-state index in [1.807, 2.05) is 12.0 Å². The van der Waals surface area contributed by atoms with Crippen LogP contribution in [0.15, 0.2) is 16.4 Å². The Labute approximate surface area is 56.3 Å². The van der Waals surface area contributed by atoms with E-state index in [0.29, 0.717) is 0 Å². The van der Waals surface area contributed by atoms with Crippen molar-refractivity contribution in [2.45, 2.75) is 26.2 Å². The topological polar surface area (TPSA) is 13.1 Å². The second kappa shape index (κ2) is 3.49. The van der Waals surface area contributed by atoms with E-state index in [4.69, 9.17) is 4.33 Å². The molecule has 0 spiro atoms. The number of hydrogen-bond donors (Lipinski definition) is 0. The Kier molecular flexibility index (Phi) is 2.56. The summed E-state index contributed by atoms with van der Waals surface area (Å²) in [5.74, 6) is 3.04. The first-order valence-electron chi connectivity index (χ1n) is 3.46. The van der Waals surface area contributed by atoms with Crippen LogP contribution in [-0.2, 0) is 6.42 Å². The molecule has 2 heteroatoms. The van der Waals surface area contributed by atoms with Gasteiger partial charge in [-0.25, -0.2) is 0 Å². The number of rotatable bonds is 3. The molecular formula is C7H11BO. The van der Waals surface area contributed by atoms with Crippen molar-refractivity contribution in [2.75, 3.05) is 0 Å². The quantitative estimate of drug-likeness (QED) is 0.597. The van der Waals surface area contributed by atoms with Gasteiger partial charge >= 0.3 is 55.4 Å². The third-order valence-corrected chi connectivity index (χ3v) is 1.36. The van der Waals surface area contributed by atoms with Gasteiger partial charge in [0.2, 0.25) is 0 Å². The fraction of sp³-hybridized carbons (Fsp3) is 0.571. The molecule has 0 aliphatic carbocycles. The van der Waals surface area contributed by atoms with Crippen LogP contribution in [0.1, 0.15) is 25.5 Å². The van der Waals surface area contributed by atoms with E-state index in [9.17, 15) is 0 Å². The van der Waals surface area contributed by atoms with Crippen LogP contribution in [0.3, 0.4) is 0 Å². The molecule has 0 bridgehead atoms. The summed E-state index contributed by atoms with van der Waals surface area (Å²) in [6.07, 6.45) is 3.55. The van der Waals surface area contributed by atoms with E-state index in [2.05, 4.69) is 6.92 Å². The molecule has 1 aromatic rings. The van der Waals surface area contributed by atoms with Crippen molar-refractivity contribution in [3.63, 3.8) is 0 Å². The molecule has 9 heavy (non-hydrogen) atoms. The molecule has 0 saturated heterocycles. The molecule has 0 aliphatic rings. The van der Waals surface area contributed by atoms with Gasteiger partial charge in [-0.1, -0.05) is 0 Å². The van der Waals surface area contributed by atoms with E-state index in [1.54, 1.807) is 7.13 Å². The van der Waals surface area contributed by atoms with Crippen LogP contribution >= 0.6 is 0 Å². The van der Waals surface area contributed by atoms with Gasteiger partial charge in [0, 0.05) is 0 Å². The van der Waals surface area contributed by atoms with E-state index in [1.165, 1.54) is 12.8 Å². The van der Waals surface area contributed by atoms with Gasteiger partial charge in [-0.15, -0.1) is 0 Å². The van der Waals surface area contributed by atoms with Gasteiger partial charge in [-0.3, -0.25) is 0 Å². The first-order valence-corrected chi connectivity index (χ1v) is 3.46. The van der Waals surface area contributed by atoms with Gasteiger partial charge in [0.05, 0.1) is 0 Å². The summed E-state index contributed by atoms with van der Waals surface area (Å²) in [6, 6.07) is 2.02. The van der Waals surface area contributed by atoms with Crippen LogP contribution in [0.2, 0.25) is 0 Å². The van der Waals surface area contributed by atoms with E-state index < -0.39 is 0 Å². The molecule has 0 unspecified atom stereocenters. The third kappa shape index (κ3) is 2.04. The van der Waals surface area contributed by atoms with Crippen molar-refractivity contribution in [3.05, 3.63) is 17.8 Å². The van der Waals surface area contributed by atoms with Crippen molar-refractivity contribution >= 4 is 7.13 Å². The van der Waals surface area contributed by atoms with Gasteiger partial charge in [-0.2, -0.15) is 0 Å². The maximum atomic E-state index is 5.14. The molecule has 48 valence electrons. The third-order valence-electron chi connectivity index (χ3n) is 1.36. The van der Waals surface area contributed by atoms with Gasteiger partial charge in [0.25, 0.3) is 0 Å². The van der Waals surface area contributed by atoms with Crippen LogP contribution in [0, 0.1) is 0 Å². The van der Waals surface area contributed by atoms with E-state index in [0.717, 1.165) is 12.2 Å². The SMILES string of the molecule is CCCCc1ccbo1. The molecule has 0 amide bonds. The summed E-state index contributed by atoms with van der Waals surface area (Å²) in [6.45, 7) is 2.18. The number of unbranched alkanes of at least 4 members (excludes halogenated alkanes) is 1. The van der Waals surface area contributed by atoms with E-state index in [-0.39, 0.29) is 0 Å². The van der Waals surface area contributed by atoms with Crippen molar-refractivity contribution in [1.29, 1.82) is 0 Å². The molecule has 1 nitrogen and oxygen atoms in total. The molecule has 0 radical (unpaired) electrons. The number of hydrogen-bond acceptors (Lipinski definition) is 1. The molecule has 0 atom stereocenters. The summed E-state index contributed by atoms with van der Waals surface area (Å²) < 4.78 is 5.14. The molecule has 0 fully saturated rings. The average molecular weight is 122 g/mol. The second-order valence-electron chi connectivity index (χ2n) is 2.18. The Hall–Kier alpha value is -0.525. The van der Waals surface area contributed by atoms with E-state index >= 15 is 0 Å². The van der Waals surface area contributed by atoms with Crippen LogP contribution in [-0.4, -0.2) is 7.13 Å². The predicted molar refractivity (Wildman–Crippen MR) is 38.7 cm³/mol. The van der Waals surface area contributed by atoms with Crippen LogP contribution in [0.4, 0.5) is 0 Å². The molecule has 0 aromatic carbocycles. The Morgan fingerprint density at radius 3 is 3.11 bits per heavy atom. The minimum absolute atomic E-state index is 1.09. The first kappa shape index (κ1) is 6.59. The summed E-state index contributed by atoms with van der Waals surface area (Å²) in [4.78, 5) is 0. The molecule has 0 saturated carbocycles. The standard InChI is InChI=1S/C7H11BO/c1-2-3-4-7-5-6-8-9-7/h5-6H,2-4H2,1H3. The Morgan fingerprint density at radius 2 is 2.56 bits per heavy atom. The Bertz CT molecular complexity index is 146. The summed E-state index contributed by atoms with van der Waals surface area (Å²) in [7, 11) is 1.73. The molecule has 1 aromatic heterocycles. The van der Waals surface area contributed by atoms with Crippen LogP contribution in [0.5, 0.6) is 0 Å². The van der Waals surface area contributed by atoms with Crippen molar-refractivity contribution in [2.24, 2.45) is 0 Å². The molecule has 0 aliphatic heterocycles. The van der Waals surface area contributed by atoms with Crippen LogP contribution in [0.25, 0.3) is 0 Å². The molecule has 1 rings (SSSR count). The summed E-state index contributed by atoms with van der Waals surface area (Å²) in [5.41, 5.74) is 0. The fourth-order valence-electron chi connectivity index (χ4n) is 0.806. The Morgan fingerprint density at radius 1 is 1.67 bits per heavy atom. The van der Waals surface area contributed by atoms with Gasteiger partial charge in [0.15, 0.2) is 0 Å². The van der Waals surface area contributed by atoms with Gasteiger partial charge in [-0.05, 0) is 0 Å². The first-order chi connectivity index (χ1) is 4.43. The zero-order valence-electron chi connectivity index (χ0n) is 5.76. The summed E-state index contributed by atoms with van der Waals surface area (Å²) >= 11 is 0. The van der Waals surface area contributed by atoms with Gasteiger partial charge < -0.3 is 0 Å². The zero-order valence-corrected chi connectivity index (χ0v) is 5.76. The van der Waals surface area contributed by atoms with Crippen molar-refractivity contribution in [3.8, 4) is 0 Å². The zero-order chi connectivity index (χ0) is 6.53. The fourth-order valence-corrected chi connectivity index (χ4v) is 0.806. The monoisotopic (exact) mass is 122 g/mol. The minimum atomic E-state index is 1.09. The number of aryl methyl sites for hydroxylation is 1.